The molecule has 0 saturated carbocycles. The zero-order valence-electron chi connectivity index (χ0n) is 9.29. The summed E-state index contributed by atoms with van der Waals surface area (Å²) in [6.07, 6.45) is 1.54. The van der Waals surface area contributed by atoms with Crippen LogP contribution in [0.25, 0.3) is 0 Å². The van der Waals surface area contributed by atoms with Gasteiger partial charge in [0.25, 0.3) is 0 Å². The number of esters is 1. The molecule has 1 heterocycles. The van der Waals surface area contributed by atoms with E-state index in [-0.39, 0.29) is 11.4 Å². The lowest BCUT2D eigenvalue weighted by atomic mass is 9.85. The highest BCUT2D eigenvalue weighted by Crippen LogP contribution is 2.41. The fraction of sp³-hybridized carbons (Fsp3) is 0.727. The first-order valence-electron chi connectivity index (χ1n) is 4.85. The summed E-state index contributed by atoms with van der Waals surface area (Å²) in [6, 6.07) is 0. The van der Waals surface area contributed by atoms with Gasteiger partial charge in [0.1, 0.15) is 0 Å². The summed E-state index contributed by atoms with van der Waals surface area (Å²) in [5.74, 6) is -0.106. The van der Waals surface area contributed by atoms with Gasteiger partial charge in [-0.2, -0.15) is 0 Å². The van der Waals surface area contributed by atoms with E-state index >= 15 is 0 Å². The van der Waals surface area contributed by atoms with Crippen LogP contribution in [0.1, 0.15) is 33.6 Å². The number of hydrogen-bond donors (Lipinski definition) is 0. The summed E-state index contributed by atoms with van der Waals surface area (Å²) in [5.41, 5.74) is 1.68. The fourth-order valence-corrected chi connectivity index (χ4v) is 2.71. The smallest absolute Gasteiger partial charge is 0.306 e. The van der Waals surface area contributed by atoms with Crippen LogP contribution in [-0.4, -0.2) is 18.3 Å². The van der Waals surface area contributed by atoms with Crippen molar-refractivity contribution in [3.05, 3.63) is 11.0 Å². The van der Waals surface area contributed by atoms with Crippen molar-refractivity contribution >= 4 is 17.7 Å². The first kappa shape index (κ1) is 11.6. The molecule has 0 fully saturated rings. The maximum atomic E-state index is 11.1. The van der Waals surface area contributed by atoms with E-state index in [1.165, 1.54) is 12.7 Å². The Morgan fingerprint density at radius 2 is 2.29 bits per heavy atom. The summed E-state index contributed by atoms with van der Waals surface area (Å²) in [6.45, 7) is 6.62. The van der Waals surface area contributed by atoms with Crippen molar-refractivity contribution in [2.45, 2.75) is 38.9 Å². The third-order valence-electron chi connectivity index (χ3n) is 2.44. The molecular weight excluding hydrogens is 196 g/mol. The average molecular weight is 214 g/mol. The van der Waals surface area contributed by atoms with E-state index in [1.807, 2.05) is 0 Å². The van der Waals surface area contributed by atoms with Crippen molar-refractivity contribution in [3.63, 3.8) is 0 Å². The summed E-state index contributed by atoms with van der Waals surface area (Å²) < 4.78 is 4.66. The number of ether oxygens (including phenoxy) is 1. The Balaban J connectivity index is 2.43. The van der Waals surface area contributed by atoms with Gasteiger partial charge in [-0.15, -0.1) is 11.8 Å². The zero-order valence-corrected chi connectivity index (χ0v) is 10.1. The van der Waals surface area contributed by atoms with E-state index in [0.717, 1.165) is 6.42 Å². The number of thioether (sulfide) groups is 1. The average Bonchev–Trinajstić information content (AvgIpc) is 2.51. The van der Waals surface area contributed by atoms with Crippen molar-refractivity contribution in [1.82, 2.24) is 0 Å². The number of carbonyl (C=O) groups is 1. The van der Waals surface area contributed by atoms with Gasteiger partial charge < -0.3 is 4.74 Å². The van der Waals surface area contributed by atoms with Crippen LogP contribution in [0.5, 0.6) is 0 Å². The van der Waals surface area contributed by atoms with E-state index < -0.39 is 0 Å². The van der Waals surface area contributed by atoms with Crippen LogP contribution in [-0.2, 0) is 9.53 Å². The van der Waals surface area contributed by atoms with Crippen molar-refractivity contribution in [2.24, 2.45) is 5.41 Å². The molecule has 0 spiro atoms. The standard InChI is InChI=1S/C11H18O2S/c1-11(2,3)8-5-9(14-7-8)6-10(12)13-4/h7,9H,5-6H2,1-4H3. The number of methoxy groups -OCH3 is 1. The molecule has 1 aliphatic heterocycles. The molecule has 0 aliphatic carbocycles. The lowest BCUT2D eigenvalue weighted by molar-refractivity contribution is -0.140. The van der Waals surface area contributed by atoms with Gasteiger partial charge in [0.2, 0.25) is 0 Å². The number of rotatable bonds is 2. The van der Waals surface area contributed by atoms with Crippen molar-refractivity contribution < 1.29 is 9.53 Å². The number of allylic oxidation sites excluding steroid dienone is 1. The maximum absolute atomic E-state index is 11.1. The SMILES string of the molecule is COC(=O)CC1CC(C(C)(C)C)=CS1. The predicted octanol–water partition coefficient (Wildman–Crippen LogP) is 2.99. The fourth-order valence-electron chi connectivity index (χ4n) is 1.39. The topological polar surface area (TPSA) is 26.3 Å². The number of carbonyl (C=O) groups excluding carboxylic acids is 1. The largest absolute Gasteiger partial charge is 0.469 e. The molecule has 0 bridgehead atoms. The molecule has 1 aliphatic rings. The van der Waals surface area contributed by atoms with Gasteiger partial charge in [-0.05, 0) is 17.2 Å². The van der Waals surface area contributed by atoms with Crippen LogP contribution in [0.15, 0.2) is 11.0 Å². The quantitative estimate of drug-likeness (QED) is 0.661. The molecule has 1 atom stereocenters. The van der Waals surface area contributed by atoms with Crippen LogP contribution in [0.3, 0.4) is 0 Å². The van der Waals surface area contributed by atoms with Crippen LogP contribution >= 0.6 is 11.8 Å². The molecular formula is C11H18O2S. The third-order valence-corrected chi connectivity index (χ3v) is 3.57. The second-order valence-electron chi connectivity index (χ2n) is 4.64. The Hall–Kier alpha value is -0.440. The maximum Gasteiger partial charge on any atom is 0.306 e. The molecule has 80 valence electrons. The Morgan fingerprint density at radius 1 is 1.64 bits per heavy atom. The molecule has 0 aromatic rings. The van der Waals surface area contributed by atoms with Crippen molar-refractivity contribution in [3.8, 4) is 0 Å². The van der Waals surface area contributed by atoms with Gasteiger partial charge in [0, 0.05) is 5.25 Å². The molecule has 2 nitrogen and oxygen atoms in total. The molecule has 0 aromatic heterocycles. The predicted molar refractivity (Wildman–Crippen MR) is 60.2 cm³/mol. The van der Waals surface area contributed by atoms with Crippen LogP contribution in [0.4, 0.5) is 0 Å². The van der Waals surface area contributed by atoms with Gasteiger partial charge in [0.15, 0.2) is 0 Å². The second-order valence-corrected chi connectivity index (χ2v) is 5.81. The highest BCUT2D eigenvalue weighted by Gasteiger charge is 2.27. The van der Waals surface area contributed by atoms with Gasteiger partial charge >= 0.3 is 5.97 Å². The molecule has 14 heavy (non-hydrogen) atoms. The summed E-state index contributed by atoms with van der Waals surface area (Å²) in [5, 5.41) is 2.59. The molecule has 0 radical (unpaired) electrons. The Morgan fingerprint density at radius 3 is 2.71 bits per heavy atom. The summed E-state index contributed by atoms with van der Waals surface area (Å²) in [4.78, 5) is 11.1. The second kappa shape index (κ2) is 4.39. The molecule has 1 unspecified atom stereocenters. The molecule has 0 aromatic carbocycles. The summed E-state index contributed by atoms with van der Waals surface area (Å²) >= 11 is 1.76. The van der Waals surface area contributed by atoms with Crippen LogP contribution in [0.2, 0.25) is 0 Å². The third kappa shape index (κ3) is 3.05. The minimum atomic E-state index is -0.106. The summed E-state index contributed by atoms with van der Waals surface area (Å²) in [7, 11) is 1.44. The Kier molecular flexibility index (Phi) is 3.65. The molecule has 0 saturated heterocycles. The van der Waals surface area contributed by atoms with E-state index in [1.54, 1.807) is 11.8 Å². The minimum absolute atomic E-state index is 0.106. The van der Waals surface area contributed by atoms with Gasteiger partial charge in [-0.1, -0.05) is 26.3 Å². The molecule has 1 rings (SSSR count). The Bertz CT molecular complexity index is 251. The van der Waals surface area contributed by atoms with E-state index in [9.17, 15) is 4.79 Å². The molecule has 0 N–H and O–H groups in total. The normalized spacial score (nSPS) is 22.0. The zero-order chi connectivity index (χ0) is 10.8. The highest BCUT2D eigenvalue weighted by atomic mass is 32.2. The first-order chi connectivity index (χ1) is 6.43. The monoisotopic (exact) mass is 214 g/mol. The van der Waals surface area contributed by atoms with Gasteiger partial charge in [-0.3, -0.25) is 4.79 Å². The number of hydrogen-bond acceptors (Lipinski definition) is 3. The van der Waals surface area contributed by atoms with Gasteiger partial charge in [-0.25, -0.2) is 0 Å². The van der Waals surface area contributed by atoms with E-state index in [2.05, 4.69) is 30.9 Å². The lowest BCUT2D eigenvalue weighted by Gasteiger charge is -2.20. The lowest BCUT2D eigenvalue weighted by Crippen LogP contribution is -2.13. The highest BCUT2D eigenvalue weighted by molar-refractivity contribution is 8.03. The van der Waals surface area contributed by atoms with Gasteiger partial charge in [0.05, 0.1) is 13.5 Å². The molecule has 3 heteroatoms. The first-order valence-corrected chi connectivity index (χ1v) is 5.79. The Labute approximate surface area is 90.1 Å². The van der Waals surface area contributed by atoms with Crippen LogP contribution < -0.4 is 0 Å². The van der Waals surface area contributed by atoms with Crippen molar-refractivity contribution in [1.29, 1.82) is 0 Å². The van der Waals surface area contributed by atoms with E-state index in [4.69, 9.17) is 0 Å². The van der Waals surface area contributed by atoms with E-state index in [0.29, 0.717) is 11.7 Å². The minimum Gasteiger partial charge on any atom is -0.469 e. The van der Waals surface area contributed by atoms with Crippen molar-refractivity contribution in [2.75, 3.05) is 7.11 Å². The molecule has 0 amide bonds. The van der Waals surface area contributed by atoms with Crippen LogP contribution in [0, 0.1) is 5.41 Å².